The molecule has 0 aliphatic rings. The minimum atomic E-state index is -0.589. The summed E-state index contributed by atoms with van der Waals surface area (Å²) in [5.74, 6) is 1.25. The maximum Gasteiger partial charge on any atom is 0.261 e. The van der Waals surface area contributed by atoms with E-state index in [0.29, 0.717) is 17.2 Å². The standard InChI is InChI=1S/C16H18N4O3S/c1-9(21)6-18-15(22)13-10(2)12-14(19-8-20-16(12)24-13)17-7-11-4-3-5-23-11/h3-5,8-9,21H,6-7H2,1-2H3,(H,18,22)(H,17,19,20)/t9-/m0/s1. The molecule has 1 atom stereocenters. The van der Waals surface area contributed by atoms with Gasteiger partial charge in [-0.2, -0.15) is 0 Å². The molecule has 0 saturated heterocycles. The molecule has 0 fully saturated rings. The van der Waals surface area contributed by atoms with Crippen LogP contribution in [-0.2, 0) is 6.54 Å². The molecule has 0 bridgehead atoms. The molecular weight excluding hydrogens is 328 g/mol. The van der Waals surface area contributed by atoms with Gasteiger partial charge >= 0.3 is 0 Å². The second-order valence-electron chi connectivity index (χ2n) is 5.45. The summed E-state index contributed by atoms with van der Waals surface area (Å²) in [5.41, 5.74) is 0.820. The van der Waals surface area contributed by atoms with Gasteiger partial charge < -0.3 is 20.2 Å². The number of rotatable bonds is 6. The van der Waals surface area contributed by atoms with Crippen molar-refractivity contribution in [2.45, 2.75) is 26.5 Å². The fourth-order valence-corrected chi connectivity index (χ4v) is 3.39. The quantitative estimate of drug-likeness (QED) is 0.633. The first-order valence-corrected chi connectivity index (χ1v) is 8.34. The second kappa shape index (κ2) is 6.98. The molecule has 7 nitrogen and oxygen atoms in total. The van der Waals surface area contributed by atoms with E-state index in [4.69, 9.17) is 4.42 Å². The van der Waals surface area contributed by atoms with Gasteiger partial charge in [-0.25, -0.2) is 9.97 Å². The number of anilines is 1. The highest BCUT2D eigenvalue weighted by Crippen LogP contribution is 2.33. The van der Waals surface area contributed by atoms with E-state index in [0.717, 1.165) is 21.5 Å². The Morgan fingerprint density at radius 1 is 1.46 bits per heavy atom. The molecule has 0 saturated carbocycles. The molecule has 0 aliphatic carbocycles. The van der Waals surface area contributed by atoms with E-state index in [1.807, 2.05) is 19.1 Å². The summed E-state index contributed by atoms with van der Waals surface area (Å²) >= 11 is 1.31. The number of furan rings is 1. The third kappa shape index (κ3) is 3.39. The van der Waals surface area contributed by atoms with Gasteiger partial charge in [0.25, 0.3) is 5.91 Å². The first-order chi connectivity index (χ1) is 11.6. The van der Waals surface area contributed by atoms with Gasteiger partial charge in [-0.3, -0.25) is 4.79 Å². The molecule has 8 heteroatoms. The van der Waals surface area contributed by atoms with Crippen LogP contribution < -0.4 is 10.6 Å². The van der Waals surface area contributed by atoms with Crippen molar-refractivity contribution >= 4 is 33.3 Å². The summed E-state index contributed by atoms with van der Waals surface area (Å²) < 4.78 is 5.30. The monoisotopic (exact) mass is 346 g/mol. The Balaban J connectivity index is 1.87. The van der Waals surface area contributed by atoms with Crippen molar-refractivity contribution in [3.8, 4) is 0 Å². The number of fused-ring (bicyclic) bond motifs is 1. The van der Waals surface area contributed by atoms with Crippen LogP contribution in [-0.4, -0.2) is 33.6 Å². The third-order valence-corrected chi connectivity index (χ3v) is 4.70. The molecule has 1 amide bonds. The van der Waals surface area contributed by atoms with E-state index in [9.17, 15) is 9.90 Å². The lowest BCUT2D eigenvalue weighted by Crippen LogP contribution is -2.30. The molecule has 3 N–H and O–H groups in total. The Morgan fingerprint density at radius 3 is 3.00 bits per heavy atom. The SMILES string of the molecule is Cc1c(C(=O)NC[C@H](C)O)sc2ncnc(NCc3ccco3)c12. The van der Waals surface area contributed by atoms with Gasteiger partial charge in [-0.05, 0) is 31.5 Å². The minimum Gasteiger partial charge on any atom is -0.467 e. The molecular formula is C16H18N4O3S. The topological polar surface area (TPSA) is 100 Å². The second-order valence-corrected chi connectivity index (χ2v) is 6.45. The van der Waals surface area contributed by atoms with Gasteiger partial charge in [0.1, 0.15) is 22.7 Å². The van der Waals surface area contributed by atoms with Gasteiger partial charge in [-0.15, -0.1) is 11.3 Å². The molecule has 24 heavy (non-hydrogen) atoms. The van der Waals surface area contributed by atoms with Crippen LogP contribution in [0.15, 0.2) is 29.1 Å². The van der Waals surface area contributed by atoms with E-state index in [1.54, 1.807) is 13.2 Å². The number of nitrogens with one attached hydrogen (secondary N) is 2. The number of carbonyl (C=O) groups is 1. The summed E-state index contributed by atoms with van der Waals surface area (Å²) in [4.78, 5) is 22.2. The zero-order chi connectivity index (χ0) is 17.1. The maximum atomic E-state index is 12.3. The molecule has 3 aromatic heterocycles. The average molecular weight is 346 g/mol. The van der Waals surface area contributed by atoms with Gasteiger partial charge in [0.15, 0.2) is 0 Å². The largest absolute Gasteiger partial charge is 0.467 e. The van der Waals surface area contributed by atoms with Gasteiger partial charge in [-0.1, -0.05) is 0 Å². The zero-order valence-corrected chi connectivity index (χ0v) is 14.2. The number of hydrogen-bond donors (Lipinski definition) is 3. The highest BCUT2D eigenvalue weighted by molar-refractivity contribution is 7.20. The van der Waals surface area contributed by atoms with Crippen molar-refractivity contribution in [3.63, 3.8) is 0 Å². The fourth-order valence-electron chi connectivity index (χ4n) is 2.33. The number of thiophene rings is 1. The zero-order valence-electron chi connectivity index (χ0n) is 13.4. The molecule has 0 aliphatic heterocycles. The smallest absolute Gasteiger partial charge is 0.261 e. The first-order valence-electron chi connectivity index (χ1n) is 7.53. The average Bonchev–Trinajstić information content (AvgIpc) is 3.19. The predicted octanol–water partition coefficient (Wildman–Crippen LogP) is 2.32. The van der Waals surface area contributed by atoms with Crippen molar-refractivity contribution in [1.82, 2.24) is 15.3 Å². The number of carbonyl (C=O) groups excluding carboxylic acids is 1. The number of nitrogens with zero attached hydrogens (tertiary/aromatic N) is 2. The molecule has 3 aromatic rings. The Hall–Kier alpha value is -2.45. The van der Waals surface area contributed by atoms with Gasteiger partial charge in [0.2, 0.25) is 0 Å². The van der Waals surface area contributed by atoms with Crippen molar-refractivity contribution in [2.75, 3.05) is 11.9 Å². The van der Waals surface area contributed by atoms with E-state index in [2.05, 4.69) is 20.6 Å². The number of aliphatic hydroxyl groups is 1. The molecule has 126 valence electrons. The van der Waals surface area contributed by atoms with Crippen molar-refractivity contribution in [3.05, 3.63) is 40.9 Å². The van der Waals surface area contributed by atoms with Crippen LogP contribution in [0.25, 0.3) is 10.2 Å². The number of aryl methyl sites for hydroxylation is 1. The van der Waals surface area contributed by atoms with E-state index in [1.165, 1.54) is 17.7 Å². The highest BCUT2D eigenvalue weighted by Gasteiger charge is 2.19. The van der Waals surface area contributed by atoms with Crippen LogP contribution in [0.3, 0.4) is 0 Å². The van der Waals surface area contributed by atoms with Crippen molar-refractivity contribution in [2.24, 2.45) is 0 Å². The number of aromatic nitrogens is 2. The summed E-state index contributed by atoms with van der Waals surface area (Å²) in [6.45, 7) is 4.21. The highest BCUT2D eigenvalue weighted by atomic mass is 32.1. The Morgan fingerprint density at radius 2 is 2.29 bits per heavy atom. The van der Waals surface area contributed by atoms with Crippen molar-refractivity contribution in [1.29, 1.82) is 0 Å². The molecule has 3 heterocycles. The lowest BCUT2D eigenvalue weighted by atomic mass is 10.2. The Labute approximate surface area is 142 Å². The van der Waals surface area contributed by atoms with E-state index in [-0.39, 0.29) is 12.5 Å². The van der Waals surface area contributed by atoms with Crippen LogP contribution in [0.1, 0.15) is 27.9 Å². The molecule has 0 spiro atoms. The van der Waals surface area contributed by atoms with Crippen LogP contribution in [0, 0.1) is 6.92 Å². The van der Waals surface area contributed by atoms with Gasteiger partial charge in [0, 0.05) is 6.54 Å². The van der Waals surface area contributed by atoms with E-state index >= 15 is 0 Å². The summed E-state index contributed by atoms with van der Waals surface area (Å²) in [7, 11) is 0. The van der Waals surface area contributed by atoms with E-state index < -0.39 is 6.10 Å². The maximum absolute atomic E-state index is 12.3. The van der Waals surface area contributed by atoms with Gasteiger partial charge in [0.05, 0.1) is 29.2 Å². The van der Waals surface area contributed by atoms with Crippen LogP contribution in [0.2, 0.25) is 0 Å². The van der Waals surface area contributed by atoms with Crippen LogP contribution in [0.4, 0.5) is 5.82 Å². The minimum absolute atomic E-state index is 0.210. The fraction of sp³-hybridized carbons (Fsp3) is 0.312. The van der Waals surface area contributed by atoms with Crippen LogP contribution in [0.5, 0.6) is 0 Å². The number of amides is 1. The Bertz CT molecular complexity index is 843. The summed E-state index contributed by atoms with van der Waals surface area (Å²) in [6, 6.07) is 3.70. The molecule has 0 aromatic carbocycles. The summed E-state index contributed by atoms with van der Waals surface area (Å²) in [5, 5.41) is 16.1. The number of hydrogen-bond acceptors (Lipinski definition) is 7. The molecule has 0 unspecified atom stereocenters. The summed E-state index contributed by atoms with van der Waals surface area (Å²) in [6.07, 6.45) is 2.50. The van der Waals surface area contributed by atoms with Crippen molar-refractivity contribution < 1.29 is 14.3 Å². The first kappa shape index (κ1) is 16.4. The molecule has 3 rings (SSSR count). The predicted molar refractivity (Wildman–Crippen MR) is 92.2 cm³/mol. The molecule has 0 radical (unpaired) electrons. The lowest BCUT2D eigenvalue weighted by molar-refractivity contribution is 0.0927. The number of aliphatic hydroxyl groups excluding tert-OH is 1. The third-order valence-electron chi connectivity index (χ3n) is 3.50. The Kier molecular flexibility index (Phi) is 4.77. The normalized spacial score (nSPS) is 12.3. The lowest BCUT2D eigenvalue weighted by Gasteiger charge is -2.07. The van der Waals surface area contributed by atoms with Crippen LogP contribution >= 0.6 is 11.3 Å².